The molecule has 1 atom stereocenters. The van der Waals surface area contributed by atoms with Crippen molar-refractivity contribution < 1.29 is 13.2 Å². The van der Waals surface area contributed by atoms with Gasteiger partial charge in [0.05, 0.1) is 6.04 Å². The van der Waals surface area contributed by atoms with E-state index >= 15 is 0 Å². The minimum atomic E-state index is -0.741. The number of hydrazine groups is 1. The third kappa shape index (κ3) is 2.94. The highest BCUT2D eigenvalue weighted by atomic mass is 19.1. The smallest absolute Gasteiger partial charge is 0.131 e. The molecule has 5 heteroatoms. The molecule has 3 N–H and O–H groups in total. The van der Waals surface area contributed by atoms with Gasteiger partial charge in [-0.05, 0) is 36.2 Å². The van der Waals surface area contributed by atoms with E-state index in [0.29, 0.717) is 11.1 Å². The molecule has 0 spiro atoms. The van der Waals surface area contributed by atoms with Crippen molar-refractivity contribution in [3.8, 4) is 0 Å². The molecular weight excluding hydrogens is 253 g/mol. The zero-order valence-corrected chi connectivity index (χ0v) is 10.3. The van der Waals surface area contributed by atoms with Gasteiger partial charge in [0, 0.05) is 11.6 Å². The fourth-order valence-corrected chi connectivity index (χ4v) is 2.03. The first-order chi connectivity index (χ1) is 9.01. The number of halogens is 3. The Morgan fingerprint density at radius 2 is 1.74 bits per heavy atom. The molecule has 1 unspecified atom stereocenters. The summed E-state index contributed by atoms with van der Waals surface area (Å²) in [5.74, 6) is 3.57. The molecule has 0 bridgehead atoms. The van der Waals surface area contributed by atoms with Crippen molar-refractivity contribution in [1.82, 2.24) is 5.43 Å². The highest BCUT2D eigenvalue weighted by molar-refractivity contribution is 5.35. The Labute approximate surface area is 109 Å². The lowest BCUT2D eigenvalue weighted by Gasteiger charge is -2.18. The van der Waals surface area contributed by atoms with Crippen LogP contribution in [0.25, 0.3) is 0 Å². The number of aryl methyl sites for hydroxylation is 1. The summed E-state index contributed by atoms with van der Waals surface area (Å²) in [6.07, 6.45) is 0. The molecular formula is C14H13F3N2. The second kappa shape index (κ2) is 5.42. The fraction of sp³-hybridized carbons (Fsp3) is 0.143. The summed E-state index contributed by atoms with van der Waals surface area (Å²) in [5, 5.41) is 0. The lowest BCUT2D eigenvalue weighted by Crippen LogP contribution is -2.29. The van der Waals surface area contributed by atoms with Gasteiger partial charge in [-0.2, -0.15) is 0 Å². The average Bonchev–Trinajstić information content (AvgIpc) is 2.31. The van der Waals surface area contributed by atoms with Crippen LogP contribution in [0.5, 0.6) is 0 Å². The van der Waals surface area contributed by atoms with Crippen molar-refractivity contribution >= 4 is 0 Å². The number of hydrogen-bond acceptors (Lipinski definition) is 2. The number of hydrogen-bond donors (Lipinski definition) is 2. The fourth-order valence-electron chi connectivity index (χ4n) is 2.03. The van der Waals surface area contributed by atoms with Crippen LogP contribution in [0.15, 0.2) is 36.4 Å². The minimum Gasteiger partial charge on any atom is -0.271 e. The molecule has 0 heterocycles. The van der Waals surface area contributed by atoms with Gasteiger partial charge in [0.1, 0.15) is 17.5 Å². The van der Waals surface area contributed by atoms with Gasteiger partial charge in [0.25, 0.3) is 0 Å². The topological polar surface area (TPSA) is 38.0 Å². The average molecular weight is 266 g/mol. The molecule has 0 aromatic heterocycles. The monoisotopic (exact) mass is 266 g/mol. The second-order valence-electron chi connectivity index (χ2n) is 4.33. The van der Waals surface area contributed by atoms with Crippen LogP contribution in [0.4, 0.5) is 13.2 Å². The predicted molar refractivity (Wildman–Crippen MR) is 66.7 cm³/mol. The molecule has 0 saturated heterocycles. The van der Waals surface area contributed by atoms with Gasteiger partial charge in [-0.3, -0.25) is 5.84 Å². The Kier molecular flexibility index (Phi) is 3.87. The summed E-state index contributed by atoms with van der Waals surface area (Å²) < 4.78 is 40.0. The lowest BCUT2D eigenvalue weighted by atomic mass is 9.97. The summed E-state index contributed by atoms with van der Waals surface area (Å²) in [5.41, 5.74) is 3.75. The van der Waals surface area contributed by atoms with E-state index in [4.69, 9.17) is 5.84 Å². The van der Waals surface area contributed by atoms with Crippen LogP contribution in [-0.2, 0) is 0 Å². The van der Waals surface area contributed by atoms with Crippen molar-refractivity contribution in [3.63, 3.8) is 0 Å². The second-order valence-corrected chi connectivity index (χ2v) is 4.33. The van der Waals surface area contributed by atoms with Crippen molar-refractivity contribution in [1.29, 1.82) is 0 Å². The van der Waals surface area contributed by atoms with E-state index in [0.717, 1.165) is 12.1 Å². The van der Waals surface area contributed by atoms with Gasteiger partial charge in [-0.1, -0.05) is 12.1 Å². The number of rotatable bonds is 3. The zero-order chi connectivity index (χ0) is 14.0. The normalized spacial score (nSPS) is 12.5. The van der Waals surface area contributed by atoms with Gasteiger partial charge >= 0.3 is 0 Å². The Morgan fingerprint density at radius 1 is 1.00 bits per heavy atom. The quantitative estimate of drug-likeness (QED) is 0.662. The van der Waals surface area contributed by atoms with Gasteiger partial charge < -0.3 is 0 Å². The van der Waals surface area contributed by atoms with Crippen molar-refractivity contribution in [2.45, 2.75) is 13.0 Å². The molecule has 0 amide bonds. The minimum absolute atomic E-state index is 0.161. The van der Waals surface area contributed by atoms with Gasteiger partial charge in [-0.25, -0.2) is 18.6 Å². The molecule has 0 radical (unpaired) electrons. The SMILES string of the molecule is Cc1cc(F)cc(C(NN)c2ccc(F)cc2F)c1. The number of nitrogens with two attached hydrogens (primary N) is 1. The molecule has 2 aromatic carbocycles. The summed E-state index contributed by atoms with van der Waals surface area (Å²) in [6, 6.07) is 6.76. The van der Waals surface area contributed by atoms with E-state index in [1.807, 2.05) is 0 Å². The zero-order valence-electron chi connectivity index (χ0n) is 10.3. The van der Waals surface area contributed by atoms with Crippen molar-refractivity contribution in [3.05, 3.63) is 70.5 Å². The van der Waals surface area contributed by atoms with Crippen LogP contribution in [0, 0.1) is 24.4 Å². The van der Waals surface area contributed by atoms with Crippen LogP contribution < -0.4 is 11.3 Å². The Bertz CT molecular complexity index is 579. The molecule has 2 rings (SSSR count). The summed E-state index contributed by atoms with van der Waals surface area (Å²) in [6.45, 7) is 1.72. The van der Waals surface area contributed by atoms with Crippen LogP contribution >= 0.6 is 0 Å². The largest absolute Gasteiger partial charge is 0.271 e. The standard InChI is InChI=1S/C14H13F3N2/c1-8-4-9(6-11(16)5-8)14(19-18)12-3-2-10(15)7-13(12)17/h2-7,14,19H,18H2,1H3. The van der Waals surface area contributed by atoms with Crippen molar-refractivity contribution in [2.24, 2.45) is 5.84 Å². The molecule has 2 aromatic rings. The molecule has 0 saturated carbocycles. The first-order valence-electron chi connectivity index (χ1n) is 5.69. The highest BCUT2D eigenvalue weighted by Crippen LogP contribution is 2.25. The van der Waals surface area contributed by atoms with Crippen LogP contribution in [0.3, 0.4) is 0 Å². The van der Waals surface area contributed by atoms with E-state index in [-0.39, 0.29) is 5.56 Å². The van der Waals surface area contributed by atoms with E-state index in [2.05, 4.69) is 5.43 Å². The summed E-state index contributed by atoms with van der Waals surface area (Å²) in [4.78, 5) is 0. The Balaban J connectivity index is 2.49. The van der Waals surface area contributed by atoms with Crippen molar-refractivity contribution in [2.75, 3.05) is 0 Å². The van der Waals surface area contributed by atoms with E-state index in [1.54, 1.807) is 13.0 Å². The molecule has 0 aliphatic heterocycles. The maximum absolute atomic E-state index is 13.7. The molecule has 19 heavy (non-hydrogen) atoms. The first-order valence-corrected chi connectivity index (χ1v) is 5.69. The molecule has 100 valence electrons. The lowest BCUT2D eigenvalue weighted by molar-refractivity contribution is 0.538. The van der Waals surface area contributed by atoms with E-state index < -0.39 is 23.5 Å². The van der Waals surface area contributed by atoms with Gasteiger partial charge in [0.2, 0.25) is 0 Å². The first kappa shape index (κ1) is 13.6. The Morgan fingerprint density at radius 3 is 2.32 bits per heavy atom. The number of nitrogens with one attached hydrogen (secondary N) is 1. The molecule has 0 fully saturated rings. The third-order valence-corrected chi connectivity index (χ3v) is 2.84. The molecule has 0 aliphatic rings. The van der Waals surface area contributed by atoms with Gasteiger partial charge in [0.15, 0.2) is 0 Å². The predicted octanol–water partition coefficient (Wildman–Crippen LogP) is 2.97. The maximum atomic E-state index is 13.7. The van der Waals surface area contributed by atoms with Crippen LogP contribution in [-0.4, -0.2) is 0 Å². The molecule has 0 aliphatic carbocycles. The highest BCUT2D eigenvalue weighted by Gasteiger charge is 2.18. The summed E-state index contributed by atoms with van der Waals surface area (Å²) in [7, 11) is 0. The van der Waals surface area contributed by atoms with E-state index in [9.17, 15) is 13.2 Å². The number of benzene rings is 2. The Hall–Kier alpha value is -1.85. The molecule has 2 nitrogen and oxygen atoms in total. The van der Waals surface area contributed by atoms with Gasteiger partial charge in [-0.15, -0.1) is 0 Å². The maximum Gasteiger partial charge on any atom is 0.131 e. The van der Waals surface area contributed by atoms with Crippen LogP contribution in [0.2, 0.25) is 0 Å². The third-order valence-electron chi connectivity index (χ3n) is 2.84. The van der Waals surface area contributed by atoms with Crippen LogP contribution in [0.1, 0.15) is 22.7 Å². The van der Waals surface area contributed by atoms with E-state index in [1.165, 1.54) is 18.2 Å². The summed E-state index contributed by atoms with van der Waals surface area (Å²) >= 11 is 0.